The summed E-state index contributed by atoms with van der Waals surface area (Å²) in [5.74, 6) is 0. The SMILES string of the molecule is S.c1csnn1. The van der Waals surface area contributed by atoms with Gasteiger partial charge in [-0.2, -0.15) is 13.5 Å². The van der Waals surface area contributed by atoms with Gasteiger partial charge in [0.2, 0.25) is 0 Å². The van der Waals surface area contributed by atoms with E-state index >= 15 is 0 Å². The first-order chi connectivity index (χ1) is 2.50. The average Bonchev–Trinajstić information content (AvgIpc) is 1.76. The Kier molecular flexibility index (Phi) is 3.07. The third-order valence-corrected chi connectivity index (χ3v) is 0.715. The molecule has 1 heterocycles. The molecule has 6 heavy (non-hydrogen) atoms. The van der Waals surface area contributed by atoms with Crippen molar-refractivity contribution in [1.82, 2.24) is 9.59 Å². The molecule has 0 aliphatic heterocycles. The summed E-state index contributed by atoms with van der Waals surface area (Å²) in [7, 11) is 0. The van der Waals surface area contributed by atoms with Crippen LogP contribution in [-0.4, -0.2) is 9.59 Å². The first-order valence-electron chi connectivity index (χ1n) is 1.21. The molecule has 0 amide bonds. The van der Waals surface area contributed by atoms with Crippen LogP contribution in [0.3, 0.4) is 0 Å². The molecule has 0 bridgehead atoms. The van der Waals surface area contributed by atoms with E-state index in [9.17, 15) is 0 Å². The van der Waals surface area contributed by atoms with Gasteiger partial charge < -0.3 is 0 Å². The highest BCUT2D eigenvalue weighted by molar-refractivity contribution is 7.59. The lowest BCUT2D eigenvalue weighted by Gasteiger charge is -1.40. The Labute approximate surface area is 46.8 Å². The van der Waals surface area contributed by atoms with E-state index in [1.165, 1.54) is 11.5 Å². The van der Waals surface area contributed by atoms with Crippen molar-refractivity contribution >= 4 is 25.0 Å². The number of aromatic nitrogens is 2. The standard InChI is InChI=1S/C2H2N2S.H2S/c1-2-5-4-3-1;/h1-2H;1H2. The molecule has 0 fully saturated rings. The molecule has 0 radical (unpaired) electrons. The molecule has 0 aliphatic carbocycles. The Morgan fingerprint density at radius 1 is 1.50 bits per heavy atom. The lowest BCUT2D eigenvalue weighted by Crippen LogP contribution is -1.51. The van der Waals surface area contributed by atoms with Gasteiger partial charge in [-0.15, -0.1) is 5.10 Å². The number of rotatable bonds is 0. The lowest BCUT2D eigenvalue weighted by atomic mass is 11.1. The summed E-state index contributed by atoms with van der Waals surface area (Å²) < 4.78 is 3.51. The van der Waals surface area contributed by atoms with E-state index < -0.39 is 0 Å². The van der Waals surface area contributed by atoms with Crippen LogP contribution in [0.25, 0.3) is 0 Å². The van der Waals surface area contributed by atoms with Crippen molar-refractivity contribution in [2.75, 3.05) is 0 Å². The summed E-state index contributed by atoms with van der Waals surface area (Å²) >= 11 is 1.35. The van der Waals surface area contributed by atoms with Gasteiger partial charge >= 0.3 is 0 Å². The summed E-state index contributed by atoms with van der Waals surface area (Å²) in [5.41, 5.74) is 0. The molecule has 0 saturated heterocycles. The first-order valence-corrected chi connectivity index (χ1v) is 2.05. The number of hydrogen-bond acceptors (Lipinski definition) is 3. The Balaban J connectivity index is 0.000000250. The van der Waals surface area contributed by atoms with Gasteiger partial charge in [-0.25, -0.2) is 0 Å². The van der Waals surface area contributed by atoms with Gasteiger partial charge in [0.15, 0.2) is 0 Å². The van der Waals surface area contributed by atoms with Gasteiger partial charge in [-0.3, -0.25) is 0 Å². The van der Waals surface area contributed by atoms with Crippen LogP contribution in [0.4, 0.5) is 0 Å². The molecule has 34 valence electrons. The van der Waals surface area contributed by atoms with Crippen LogP contribution in [0.5, 0.6) is 0 Å². The van der Waals surface area contributed by atoms with E-state index in [-0.39, 0.29) is 13.5 Å². The smallest absolute Gasteiger partial charge is 0.0620 e. The zero-order chi connectivity index (χ0) is 3.54. The molecule has 0 aliphatic rings. The van der Waals surface area contributed by atoms with Crippen LogP contribution in [-0.2, 0) is 0 Å². The van der Waals surface area contributed by atoms with E-state index in [1.807, 2.05) is 5.38 Å². The maximum atomic E-state index is 3.51. The van der Waals surface area contributed by atoms with E-state index in [1.54, 1.807) is 6.20 Å². The third kappa shape index (κ3) is 1.37. The molecular formula is C2H4N2S2. The second kappa shape index (κ2) is 3.11. The van der Waals surface area contributed by atoms with Gasteiger partial charge in [0, 0.05) is 5.38 Å². The molecule has 0 aromatic carbocycles. The van der Waals surface area contributed by atoms with E-state index in [0.29, 0.717) is 0 Å². The lowest BCUT2D eigenvalue weighted by molar-refractivity contribution is 1.16. The maximum Gasteiger partial charge on any atom is 0.0620 e. The molecule has 1 aromatic rings. The van der Waals surface area contributed by atoms with Gasteiger partial charge in [-0.1, -0.05) is 4.49 Å². The summed E-state index contributed by atoms with van der Waals surface area (Å²) in [6.45, 7) is 0. The molecule has 0 N–H and O–H groups in total. The molecule has 2 nitrogen and oxygen atoms in total. The highest BCUT2D eigenvalue weighted by atomic mass is 32.1. The van der Waals surface area contributed by atoms with Crippen LogP contribution in [0, 0.1) is 0 Å². The van der Waals surface area contributed by atoms with Gasteiger partial charge in [0.05, 0.1) is 6.20 Å². The molecule has 4 heteroatoms. The Bertz CT molecular complexity index is 66.0. The number of nitrogens with zero attached hydrogens (tertiary/aromatic N) is 2. The zero-order valence-electron chi connectivity index (χ0n) is 2.96. The number of hydrogen-bond donors (Lipinski definition) is 0. The average molecular weight is 120 g/mol. The zero-order valence-corrected chi connectivity index (χ0v) is 4.77. The minimum Gasteiger partial charge on any atom is -0.197 e. The minimum atomic E-state index is 0. The van der Waals surface area contributed by atoms with Gasteiger partial charge in [-0.05, 0) is 11.5 Å². The van der Waals surface area contributed by atoms with Gasteiger partial charge in [0.1, 0.15) is 0 Å². The van der Waals surface area contributed by atoms with Crippen molar-refractivity contribution < 1.29 is 0 Å². The minimum absolute atomic E-state index is 0. The van der Waals surface area contributed by atoms with Crippen molar-refractivity contribution in [1.29, 1.82) is 0 Å². The Hall–Kier alpha value is -0.0900. The van der Waals surface area contributed by atoms with Crippen LogP contribution in [0.2, 0.25) is 0 Å². The summed E-state index contributed by atoms with van der Waals surface area (Å²) in [4.78, 5) is 0. The Morgan fingerprint density at radius 2 is 2.33 bits per heavy atom. The van der Waals surface area contributed by atoms with Crippen molar-refractivity contribution in [3.63, 3.8) is 0 Å². The van der Waals surface area contributed by atoms with Crippen molar-refractivity contribution in [2.24, 2.45) is 0 Å². The molecule has 0 unspecified atom stereocenters. The molecule has 1 aromatic heterocycles. The normalized spacial score (nSPS) is 6.67. The van der Waals surface area contributed by atoms with E-state index in [4.69, 9.17) is 0 Å². The highest BCUT2D eigenvalue weighted by Crippen LogP contribution is 1.78. The summed E-state index contributed by atoms with van der Waals surface area (Å²) in [6.07, 6.45) is 1.66. The third-order valence-electron chi connectivity index (χ3n) is 0.283. The monoisotopic (exact) mass is 120 g/mol. The second-order valence-electron chi connectivity index (χ2n) is 0.588. The summed E-state index contributed by atoms with van der Waals surface area (Å²) in [6, 6.07) is 0. The molecular weight excluding hydrogens is 116 g/mol. The largest absolute Gasteiger partial charge is 0.197 e. The fourth-order valence-electron chi connectivity index (χ4n) is 0.136. The fourth-order valence-corrected chi connectivity index (χ4v) is 0.408. The van der Waals surface area contributed by atoms with Gasteiger partial charge in [0.25, 0.3) is 0 Å². The predicted molar refractivity (Wildman–Crippen MR) is 30.3 cm³/mol. The van der Waals surface area contributed by atoms with Crippen LogP contribution in [0.15, 0.2) is 11.6 Å². The fraction of sp³-hybridized carbons (Fsp3) is 0. The van der Waals surface area contributed by atoms with Crippen molar-refractivity contribution in [3.05, 3.63) is 11.6 Å². The second-order valence-corrected chi connectivity index (χ2v) is 1.23. The van der Waals surface area contributed by atoms with Crippen LogP contribution < -0.4 is 0 Å². The predicted octanol–water partition coefficient (Wildman–Crippen LogP) is 0.651. The quantitative estimate of drug-likeness (QED) is 0.502. The van der Waals surface area contributed by atoms with Crippen LogP contribution in [0.1, 0.15) is 0 Å². The molecule has 0 saturated carbocycles. The first kappa shape index (κ1) is 5.91. The summed E-state index contributed by atoms with van der Waals surface area (Å²) in [5, 5.41) is 5.31. The Morgan fingerprint density at radius 3 is 2.50 bits per heavy atom. The highest BCUT2D eigenvalue weighted by Gasteiger charge is 1.61. The molecule has 0 spiro atoms. The van der Waals surface area contributed by atoms with E-state index in [2.05, 4.69) is 9.59 Å². The molecule has 0 atom stereocenters. The van der Waals surface area contributed by atoms with Crippen molar-refractivity contribution in [3.8, 4) is 0 Å². The van der Waals surface area contributed by atoms with Crippen molar-refractivity contribution in [2.45, 2.75) is 0 Å². The maximum absolute atomic E-state index is 3.51. The molecule has 1 rings (SSSR count). The van der Waals surface area contributed by atoms with E-state index in [0.717, 1.165) is 0 Å². The topological polar surface area (TPSA) is 25.8 Å². The van der Waals surface area contributed by atoms with Crippen LogP contribution >= 0.6 is 25.0 Å².